The fourth-order valence-corrected chi connectivity index (χ4v) is 2.38. The first-order valence-electron chi connectivity index (χ1n) is 5.22. The monoisotopic (exact) mass is 270 g/mol. The maximum absolute atomic E-state index is 9.20. The van der Waals surface area contributed by atoms with Crippen molar-refractivity contribution in [3.05, 3.63) is 28.8 Å². The minimum absolute atomic E-state index is 0.0561. The van der Waals surface area contributed by atoms with Crippen LogP contribution in [0.5, 0.6) is 0 Å². The van der Waals surface area contributed by atoms with E-state index in [0.717, 1.165) is 0 Å². The number of hydrogen-bond donors (Lipinski definition) is 2. The number of thioether (sulfide) groups is 1. The van der Waals surface area contributed by atoms with E-state index in [1.54, 1.807) is 23.9 Å². The van der Waals surface area contributed by atoms with Gasteiger partial charge in [0.15, 0.2) is 0 Å². The van der Waals surface area contributed by atoms with Gasteiger partial charge in [-0.05, 0) is 25.3 Å². The van der Waals surface area contributed by atoms with E-state index in [2.05, 4.69) is 11.4 Å². The highest BCUT2D eigenvalue weighted by molar-refractivity contribution is 7.99. The lowest BCUT2D eigenvalue weighted by Crippen LogP contribution is -2.31. The molecule has 92 valence electrons. The lowest BCUT2D eigenvalue weighted by atomic mass is 10.1. The molecule has 0 aliphatic heterocycles. The van der Waals surface area contributed by atoms with Crippen LogP contribution in [-0.2, 0) is 0 Å². The topological polar surface area (TPSA) is 56.0 Å². The number of rotatable bonds is 5. The fourth-order valence-electron chi connectivity index (χ4n) is 1.53. The van der Waals surface area contributed by atoms with Crippen LogP contribution in [0.4, 0.5) is 5.69 Å². The molecule has 0 fully saturated rings. The molecule has 17 heavy (non-hydrogen) atoms. The Morgan fingerprint density at radius 1 is 1.59 bits per heavy atom. The van der Waals surface area contributed by atoms with Crippen LogP contribution in [-0.4, -0.2) is 29.3 Å². The van der Waals surface area contributed by atoms with Gasteiger partial charge in [-0.2, -0.15) is 17.0 Å². The van der Waals surface area contributed by atoms with Gasteiger partial charge in [0, 0.05) is 11.3 Å². The Labute approximate surface area is 111 Å². The van der Waals surface area contributed by atoms with Gasteiger partial charge in [-0.1, -0.05) is 17.7 Å². The van der Waals surface area contributed by atoms with Gasteiger partial charge in [-0.3, -0.25) is 0 Å². The lowest BCUT2D eigenvalue weighted by molar-refractivity contribution is 0.288. The predicted octanol–water partition coefficient (Wildman–Crippen LogP) is 2.74. The summed E-state index contributed by atoms with van der Waals surface area (Å²) in [7, 11) is 0. The SMILES string of the molecule is CSC(CO)C(C)Nc1cccc(Cl)c1C#N. The summed E-state index contributed by atoms with van der Waals surface area (Å²) in [5.41, 5.74) is 1.15. The molecule has 0 radical (unpaired) electrons. The molecule has 1 rings (SSSR count). The molecule has 0 aliphatic rings. The van der Waals surface area contributed by atoms with Gasteiger partial charge in [0.05, 0.1) is 22.9 Å². The molecule has 0 aliphatic carbocycles. The maximum atomic E-state index is 9.20. The molecule has 3 nitrogen and oxygen atoms in total. The fraction of sp³-hybridized carbons (Fsp3) is 0.417. The van der Waals surface area contributed by atoms with Crippen LogP contribution >= 0.6 is 23.4 Å². The van der Waals surface area contributed by atoms with Crippen molar-refractivity contribution in [2.75, 3.05) is 18.2 Å². The van der Waals surface area contributed by atoms with Gasteiger partial charge < -0.3 is 10.4 Å². The molecule has 0 saturated carbocycles. The third-order valence-electron chi connectivity index (χ3n) is 2.55. The Balaban J connectivity index is 2.89. The molecule has 0 heterocycles. The zero-order chi connectivity index (χ0) is 12.8. The van der Waals surface area contributed by atoms with Gasteiger partial charge in [-0.15, -0.1) is 0 Å². The highest BCUT2D eigenvalue weighted by atomic mass is 35.5. The highest BCUT2D eigenvalue weighted by Crippen LogP contribution is 2.25. The largest absolute Gasteiger partial charge is 0.395 e. The first kappa shape index (κ1) is 14.2. The molecule has 1 aromatic carbocycles. The Bertz CT molecular complexity index is 415. The minimum Gasteiger partial charge on any atom is -0.395 e. The molecule has 0 saturated heterocycles. The first-order valence-corrected chi connectivity index (χ1v) is 6.89. The number of aliphatic hydroxyl groups is 1. The Kier molecular flexibility index (Phi) is 5.63. The molecule has 2 unspecified atom stereocenters. The second-order valence-corrected chi connectivity index (χ2v) is 5.15. The van der Waals surface area contributed by atoms with Crippen LogP contribution in [0.25, 0.3) is 0 Å². The molecule has 2 N–H and O–H groups in total. The van der Waals surface area contributed by atoms with E-state index in [9.17, 15) is 5.11 Å². The third-order valence-corrected chi connectivity index (χ3v) is 4.03. The van der Waals surface area contributed by atoms with Crippen molar-refractivity contribution in [1.29, 1.82) is 5.26 Å². The summed E-state index contributed by atoms with van der Waals surface area (Å²) < 4.78 is 0. The number of aliphatic hydroxyl groups excluding tert-OH is 1. The molecule has 0 bridgehead atoms. The molecule has 0 spiro atoms. The van der Waals surface area contributed by atoms with E-state index in [0.29, 0.717) is 16.3 Å². The lowest BCUT2D eigenvalue weighted by Gasteiger charge is -2.23. The Morgan fingerprint density at radius 2 is 2.29 bits per heavy atom. The zero-order valence-corrected chi connectivity index (χ0v) is 11.3. The van der Waals surface area contributed by atoms with Crippen LogP contribution in [0.3, 0.4) is 0 Å². The van der Waals surface area contributed by atoms with Gasteiger partial charge in [0.1, 0.15) is 6.07 Å². The van der Waals surface area contributed by atoms with E-state index in [1.165, 1.54) is 0 Å². The normalized spacial score (nSPS) is 13.8. The second kappa shape index (κ2) is 6.75. The van der Waals surface area contributed by atoms with E-state index >= 15 is 0 Å². The zero-order valence-electron chi connectivity index (χ0n) is 9.77. The second-order valence-electron chi connectivity index (χ2n) is 3.66. The van der Waals surface area contributed by atoms with Crippen LogP contribution in [0, 0.1) is 11.3 Å². The van der Waals surface area contributed by atoms with Crippen molar-refractivity contribution >= 4 is 29.1 Å². The van der Waals surface area contributed by atoms with Crippen molar-refractivity contribution in [1.82, 2.24) is 0 Å². The van der Waals surface area contributed by atoms with Gasteiger partial charge in [-0.25, -0.2) is 0 Å². The van der Waals surface area contributed by atoms with Gasteiger partial charge >= 0.3 is 0 Å². The van der Waals surface area contributed by atoms with Crippen LogP contribution in [0.1, 0.15) is 12.5 Å². The van der Waals surface area contributed by atoms with Gasteiger partial charge in [0.2, 0.25) is 0 Å². The van der Waals surface area contributed by atoms with Gasteiger partial charge in [0.25, 0.3) is 0 Å². The standard InChI is InChI=1S/C12H15ClN2OS/c1-8(12(7-16)17-2)15-11-5-3-4-10(13)9(11)6-14/h3-5,8,12,15-16H,7H2,1-2H3. The summed E-state index contributed by atoms with van der Waals surface area (Å²) >= 11 is 7.53. The molecule has 1 aromatic rings. The minimum atomic E-state index is 0.0561. The summed E-state index contributed by atoms with van der Waals surface area (Å²) in [6, 6.07) is 7.44. The summed E-state index contributed by atoms with van der Waals surface area (Å²) in [4.78, 5) is 0. The summed E-state index contributed by atoms with van der Waals surface area (Å²) in [6.07, 6.45) is 1.95. The molecule has 2 atom stereocenters. The number of nitriles is 1. The summed E-state index contributed by atoms with van der Waals surface area (Å²) in [5, 5.41) is 22.0. The number of nitrogens with one attached hydrogen (secondary N) is 1. The predicted molar refractivity (Wildman–Crippen MR) is 73.6 cm³/mol. The van der Waals surface area contributed by atoms with Crippen LogP contribution < -0.4 is 5.32 Å². The first-order chi connectivity index (χ1) is 8.13. The maximum Gasteiger partial charge on any atom is 0.103 e. The number of benzene rings is 1. The number of halogens is 1. The van der Waals surface area contributed by atoms with E-state index in [1.807, 2.05) is 19.2 Å². The number of anilines is 1. The van der Waals surface area contributed by atoms with E-state index < -0.39 is 0 Å². The van der Waals surface area contributed by atoms with Crippen molar-refractivity contribution in [2.45, 2.75) is 18.2 Å². The van der Waals surface area contributed by atoms with Crippen molar-refractivity contribution in [3.63, 3.8) is 0 Å². The highest BCUT2D eigenvalue weighted by Gasteiger charge is 2.16. The molecule has 0 aromatic heterocycles. The van der Waals surface area contributed by atoms with Crippen LogP contribution in [0.15, 0.2) is 18.2 Å². The van der Waals surface area contributed by atoms with Crippen molar-refractivity contribution in [3.8, 4) is 6.07 Å². The summed E-state index contributed by atoms with van der Waals surface area (Å²) in [6.45, 7) is 2.07. The number of hydrogen-bond acceptors (Lipinski definition) is 4. The Hall–Kier alpha value is -0.890. The Morgan fingerprint density at radius 3 is 2.82 bits per heavy atom. The van der Waals surface area contributed by atoms with Crippen molar-refractivity contribution in [2.24, 2.45) is 0 Å². The van der Waals surface area contributed by atoms with Crippen LogP contribution in [0.2, 0.25) is 5.02 Å². The summed E-state index contributed by atoms with van der Waals surface area (Å²) in [5.74, 6) is 0. The smallest absolute Gasteiger partial charge is 0.103 e. The number of nitrogens with zero attached hydrogens (tertiary/aromatic N) is 1. The average molecular weight is 271 g/mol. The van der Waals surface area contributed by atoms with E-state index in [4.69, 9.17) is 16.9 Å². The molecular formula is C12H15ClN2OS. The quantitative estimate of drug-likeness (QED) is 0.864. The van der Waals surface area contributed by atoms with Crippen molar-refractivity contribution < 1.29 is 5.11 Å². The molecule has 5 heteroatoms. The third kappa shape index (κ3) is 3.53. The molecular weight excluding hydrogens is 256 g/mol. The van der Waals surface area contributed by atoms with E-state index in [-0.39, 0.29) is 17.9 Å². The molecule has 0 amide bonds. The average Bonchev–Trinajstić information content (AvgIpc) is 2.31.